The van der Waals surface area contributed by atoms with Gasteiger partial charge in [0.25, 0.3) is 0 Å². The second-order valence-electron chi connectivity index (χ2n) is 4.52. The largest absolute Gasteiger partial charge is 0.380 e. The fourth-order valence-electron chi connectivity index (χ4n) is 1.79. The first-order valence-corrected chi connectivity index (χ1v) is 6.39. The lowest BCUT2D eigenvalue weighted by molar-refractivity contribution is -0.124. The first kappa shape index (κ1) is 14.2. The van der Waals surface area contributed by atoms with Crippen molar-refractivity contribution in [3.8, 4) is 0 Å². The Morgan fingerprint density at radius 1 is 1.35 bits per heavy atom. The molecular weight excluding hydrogens is 256 g/mol. The summed E-state index contributed by atoms with van der Waals surface area (Å²) in [6.45, 7) is 2.87. The molecule has 106 valence electrons. The number of nitrogens with one attached hydrogen (secondary N) is 1. The quantitative estimate of drug-likeness (QED) is 0.862. The maximum absolute atomic E-state index is 12.0. The van der Waals surface area contributed by atoms with Crippen LogP contribution in [0.3, 0.4) is 0 Å². The van der Waals surface area contributed by atoms with Crippen LogP contribution in [-0.2, 0) is 22.7 Å². The third kappa shape index (κ3) is 3.64. The molecule has 0 spiro atoms. The molecule has 0 radical (unpaired) electrons. The number of carbonyl (C=O) groups excluding carboxylic acids is 1. The molecule has 20 heavy (non-hydrogen) atoms. The van der Waals surface area contributed by atoms with Crippen molar-refractivity contribution in [3.63, 3.8) is 0 Å². The highest BCUT2D eigenvalue weighted by atomic mass is 16.5. The fourth-order valence-corrected chi connectivity index (χ4v) is 1.79. The van der Waals surface area contributed by atoms with E-state index >= 15 is 0 Å². The number of aromatic nitrogens is 3. The predicted octanol–water partition coefficient (Wildman–Crippen LogP) is 1.30. The second-order valence-corrected chi connectivity index (χ2v) is 4.52. The summed E-state index contributed by atoms with van der Waals surface area (Å²) in [5.41, 5.74) is 2.16. The van der Waals surface area contributed by atoms with Gasteiger partial charge in [0.05, 0.1) is 6.61 Å². The number of hydrogen-bond donors (Lipinski definition) is 1. The lowest BCUT2D eigenvalue weighted by atomic mass is 10.1. The van der Waals surface area contributed by atoms with Crippen LogP contribution in [0.2, 0.25) is 0 Å². The first-order valence-electron chi connectivity index (χ1n) is 6.39. The predicted molar refractivity (Wildman–Crippen MR) is 73.7 cm³/mol. The summed E-state index contributed by atoms with van der Waals surface area (Å²) in [7, 11) is 1.67. The third-order valence-corrected chi connectivity index (χ3v) is 3.01. The Labute approximate surface area is 117 Å². The third-order valence-electron chi connectivity index (χ3n) is 3.01. The van der Waals surface area contributed by atoms with Crippen LogP contribution in [0.25, 0.3) is 0 Å². The number of amides is 1. The Hall–Kier alpha value is -2.21. The average Bonchev–Trinajstić information content (AvgIpc) is 3.00. The fraction of sp³-hybridized carbons (Fsp3) is 0.357. The standard InChI is InChI=1S/C14H18N4O2/c1-11(18-10-15-9-17-18)14(19)16-7-12-3-5-13(6-4-12)8-20-2/h3-6,9-11H,7-8H2,1-2H3,(H,16,19)/t11-/m1/s1. The van der Waals surface area contributed by atoms with Gasteiger partial charge in [-0.2, -0.15) is 5.10 Å². The minimum absolute atomic E-state index is 0.0866. The molecule has 1 heterocycles. The SMILES string of the molecule is COCc1ccc(CNC(=O)[C@@H](C)n2cncn2)cc1. The van der Waals surface area contributed by atoms with Crippen molar-refractivity contribution >= 4 is 5.91 Å². The lowest BCUT2D eigenvalue weighted by Crippen LogP contribution is -2.30. The Bertz CT molecular complexity index is 537. The van der Waals surface area contributed by atoms with Gasteiger partial charge in [-0.1, -0.05) is 24.3 Å². The van der Waals surface area contributed by atoms with Crippen molar-refractivity contribution in [2.24, 2.45) is 0 Å². The number of ether oxygens (including phenoxy) is 1. The van der Waals surface area contributed by atoms with E-state index in [0.717, 1.165) is 11.1 Å². The average molecular weight is 274 g/mol. The number of hydrogen-bond acceptors (Lipinski definition) is 4. The zero-order valence-corrected chi connectivity index (χ0v) is 11.6. The van der Waals surface area contributed by atoms with Gasteiger partial charge in [0, 0.05) is 13.7 Å². The van der Waals surface area contributed by atoms with Gasteiger partial charge in [-0.15, -0.1) is 0 Å². The van der Waals surface area contributed by atoms with E-state index in [4.69, 9.17) is 4.74 Å². The van der Waals surface area contributed by atoms with Crippen molar-refractivity contribution in [2.45, 2.75) is 26.1 Å². The van der Waals surface area contributed by atoms with Crippen LogP contribution in [0.1, 0.15) is 24.1 Å². The molecule has 1 N–H and O–H groups in total. The van der Waals surface area contributed by atoms with Crippen LogP contribution in [0, 0.1) is 0 Å². The number of carbonyl (C=O) groups is 1. The molecule has 0 unspecified atom stereocenters. The van der Waals surface area contributed by atoms with Crippen LogP contribution >= 0.6 is 0 Å². The Morgan fingerprint density at radius 3 is 2.65 bits per heavy atom. The summed E-state index contributed by atoms with van der Waals surface area (Å²) in [6.07, 6.45) is 2.95. The molecule has 0 aliphatic carbocycles. The molecule has 0 fully saturated rings. The van der Waals surface area contributed by atoms with E-state index < -0.39 is 0 Å². The van der Waals surface area contributed by atoms with Crippen molar-refractivity contribution in [1.29, 1.82) is 0 Å². The van der Waals surface area contributed by atoms with E-state index in [-0.39, 0.29) is 11.9 Å². The summed E-state index contributed by atoms with van der Waals surface area (Å²) in [5.74, 6) is -0.0866. The number of nitrogens with zero attached hydrogens (tertiary/aromatic N) is 3. The molecule has 1 aromatic heterocycles. The molecule has 0 bridgehead atoms. The summed E-state index contributed by atoms with van der Waals surface area (Å²) >= 11 is 0. The minimum atomic E-state index is -0.370. The highest BCUT2D eigenvalue weighted by Gasteiger charge is 2.14. The first-order chi connectivity index (χ1) is 9.70. The number of rotatable bonds is 6. The molecule has 0 saturated carbocycles. The molecule has 1 amide bonds. The monoisotopic (exact) mass is 274 g/mol. The molecule has 1 atom stereocenters. The molecular formula is C14H18N4O2. The van der Waals surface area contributed by atoms with Crippen LogP contribution in [0.15, 0.2) is 36.9 Å². The van der Waals surface area contributed by atoms with Gasteiger partial charge >= 0.3 is 0 Å². The Balaban J connectivity index is 1.86. The summed E-state index contributed by atoms with van der Waals surface area (Å²) in [6, 6.07) is 7.58. The number of benzene rings is 1. The topological polar surface area (TPSA) is 69.0 Å². The molecule has 1 aromatic carbocycles. The second kappa shape index (κ2) is 6.81. The smallest absolute Gasteiger partial charge is 0.244 e. The lowest BCUT2D eigenvalue weighted by Gasteiger charge is -2.12. The van der Waals surface area contributed by atoms with E-state index in [1.807, 2.05) is 24.3 Å². The summed E-state index contributed by atoms with van der Waals surface area (Å²) in [4.78, 5) is 15.8. The van der Waals surface area contributed by atoms with Crippen LogP contribution in [-0.4, -0.2) is 27.8 Å². The van der Waals surface area contributed by atoms with E-state index in [1.54, 1.807) is 14.0 Å². The maximum atomic E-state index is 12.0. The van der Waals surface area contributed by atoms with E-state index in [0.29, 0.717) is 13.2 Å². The van der Waals surface area contributed by atoms with E-state index in [9.17, 15) is 4.79 Å². The van der Waals surface area contributed by atoms with Gasteiger partial charge in [-0.05, 0) is 18.1 Å². The van der Waals surface area contributed by atoms with Crippen LogP contribution in [0.5, 0.6) is 0 Å². The number of methoxy groups -OCH3 is 1. The molecule has 0 aliphatic heterocycles. The highest BCUT2D eigenvalue weighted by molar-refractivity contribution is 5.79. The van der Waals surface area contributed by atoms with Gasteiger partial charge in [0.2, 0.25) is 5.91 Å². The van der Waals surface area contributed by atoms with Crippen LogP contribution in [0.4, 0.5) is 0 Å². The molecule has 0 aliphatic rings. The summed E-state index contributed by atoms with van der Waals surface area (Å²) < 4.78 is 6.58. The van der Waals surface area contributed by atoms with Gasteiger partial charge in [0.15, 0.2) is 0 Å². The normalized spacial score (nSPS) is 12.1. The van der Waals surface area contributed by atoms with E-state index in [1.165, 1.54) is 17.3 Å². The van der Waals surface area contributed by atoms with Crippen molar-refractivity contribution in [1.82, 2.24) is 20.1 Å². The molecule has 0 saturated heterocycles. The van der Waals surface area contributed by atoms with E-state index in [2.05, 4.69) is 15.4 Å². The molecule has 6 nitrogen and oxygen atoms in total. The Morgan fingerprint density at radius 2 is 2.05 bits per heavy atom. The Kier molecular flexibility index (Phi) is 4.84. The minimum Gasteiger partial charge on any atom is -0.380 e. The van der Waals surface area contributed by atoms with Crippen molar-refractivity contribution < 1.29 is 9.53 Å². The molecule has 2 rings (SSSR count). The zero-order valence-electron chi connectivity index (χ0n) is 11.6. The zero-order chi connectivity index (χ0) is 14.4. The van der Waals surface area contributed by atoms with Gasteiger partial charge in [-0.25, -0.2) is 9.67 Å². The van der Waals surface area contributed by atoms with Crippen molar-refractivity contribution in [3.05, 3.63) is 48.0 Å². The van der Waals surface area contributed by atoms with Gasteiger partial charge < -0.3 is 10.1 Å². The van der Waals surface area contributed by atoms with Gasteiger partial charge in [-0.3, -0.25) is 4.79 Å². The molecule has 6 heteroatoms. The van der Waals surface area contributed by atoms with Crippen molar-refractivity contribution in [2.75, 3.05) is 7.11 Å². The highest BCUT2D eigenvalue weighted by Crippen LogP contribution is 2.07. The summed E-state index contributed by atoms with van der Waals surface area (Å²) in [5, 5.41) is 6.83. The molecule has 2 aromatic rings. The maximum Gasteiger partial charge on any atom is 0.244 e. The van der Waals surface area contributed by atoms with Crippen LogP contribution < -0.4 is 5.32 Å². The van der Waals surface area contributed by atoms with Gasteiger partial charge in [0.1, 0.15) is 18.7 Å².